The van der Waals surface area contributed by atoms with Gasteiger partial charge in [0.2, 0.25) is 0 Å². The van der Waals surface area contributed by atoms with Crippen LogP contribution in [0.5, 0.6) is 5.75 Å². The topological polar surface area (TPSA) is 67.8 Å². The summed E-state index contributed by atoms with van der Waals surface area (Å²) >= 11 is 0. The average Bonchev–Trinajstić information content (AvgIpc) is 2.95. The van der Waals surface area contributed by atoms with Crippen LogP contribution in [0.4, 0.5) is 0 Å². The third kappa shape index (κ3) is 5.23. The molecule has 2 aliphatic rings. The van der Waals surface area contributed by atoms with E-state index in [2.05, 4.69) is 20.9 Å². The van der Waals surface area contributed by atoms with Crippen LogP contribution in [0.1, 0.15) is 41.0 Å². The van der Waals surface area contributed by atoms with Crippen LogP contribution in [0.2, 0.25) is 0 Å². The van der Waals surface area contributed by atoms with Gasteiger partial charge in [0.1, 0.15) is 12.0 Å². The number of amides is 1. The van der Waals surface area contributed by atoms with Crippen molar-refractivity contribution in [1.82, 2.24) is 19.8 Å². The number of benzene rings is 1. The maximum absolute atomic E-state index is 13.3. The van der Waals surface area contributed by atoms with Gasteiger partial charge in [0.25, 0.3) is 5.91 Å². The Balaban J connectivity index is 1.32. The minimum Gasteiger partial charge on any atom is -0.462 e. The quantitative estimate of drug-likeness (QED) is 0.591. The molecule has 1 aromatic heterocycles. The molecule has 3 heterocycles. The van der Waals surface area contributed by atoms with Gasteiger partial charge in [0, 0.05) is 39.1 Å². The molecule has 0 spiro atoms. The summed E-state index contributed by atoms with van der Waals surface area (Å²) in [6.07, 6.45) is 10.3. The Labute approximate surface area is 189 Å². The molecule has 0 saturated heterocycles. The van der Waals surface area contributed by atoms with Crippen molar-refractivity contribution < 1.29 is 14.3 Å². The van der Waals surface area contributed by atoms with Gasteiger partial charge in [0.05, 0.1) is 17.9 Å². The summed E-state index contributed by atoms with van der Waals surface area (Å²) in [6.45, 7) is 5.86. The summed E-state index contributed by atoms with van der Waals surface area (Å²) < 4.78 is 11.1. The summed E-state index contributed by atoms with van der Waals surface area (Å²) in [7, 11) is 1.63. The number of aryl methyl sites for hydroxylation is 1. The third-order valence-corrected chi connectivity index (χ3v) is 5.82. The van der Waals surface area contributed by atoms with Gasteiger partial charge >= 0.3 is 0 Å². The van der Waals surface area contributed by atoms with Crippen LogP contribution in [-0.4, -0.2) is 65.6 Å². The predicted molar refractivity (Wildman–Crippen MR) is 123 cm³/mol. The maximum Gasteiger partial charge on any atom is 0.261 e. The van der Waals surface area contributed by atoms with Crippen LogP contribution >= 0.6 is 0 Å². The van der Waals surface area contributed by atoms with Crippen molar-refractivity contribution in [3.8, 4) is 5.75 Å². The highest BCUT2D eigenvalue weighted by molar-refractivity contribution is 5.98. The Morgan fingerprint density at radius 2 is 1.97 bits per heavy atom. The Bertz CT molecular complexity index is 1000. The van der Waals surface area contributed by atoms with E-state index in [4.69, 9.17) is 9.47 Å². The van der Waals surface area contributed by atoms with Crippen molar-refractivity contribution in [2.45, 2.75) is 26.2 Å². The normalized spacial score (nSPS) is 16.7. The van der Waals surface area contributed by atoms with E-state index in [-0.39, 0.29) is 5.91 Å². The van der Waals surface area contributed by atoms with Gasteiger partial charge in [-0.15, -0.1) is 0 Å². The first-order valence-corrected chi connectivity index (χ1v) is 11.1. The number of rotatable bonds is 8. The standard InChI is InChI=1S/C25H30N4O3/c1-19-6-7-23-22(16-19)25(30)29(21(17-31-2)18-32-23)13-4-3-12-28-14-8-20(9-15-28)24-26-10-5-11-27-24/h5-8,10-11,16,18H,3-4,9,12-15,17H2,1-2H3. The minimum atomic E-state index is -0.0297. The van der Waals surface area contributed by atoms with Gasteiger partial charge in [0.15, 0.2) is 5.82 Å². The molecule has 0 bridgehead atoms. The number of nitrogens with zero attached hydrogens (tertiary/aromatic N) is 4. The van der Waals surface area contributed by atoms with Crippen LogP contribution in [0.25, 0.3) is 5.57 Å². The zero-order valence-electron chi connectivity index (χ0n) is 18.8. The molecule has 2 aromatic rings. The van der Waals surface area contributed by atoms with Crippen LogP contribution in [0, 0.1) is 6.92 Å². The molecule has 32 heavy (non-hydrogen) atoms. The Hall–Kier alpha value is -3.03. The average molecular weight is 435 g/mol. The Morgan fingerprint density at radius 3 is 2.72 bits per heavy atom. The lowest BCUT2D eigenvalue weighted by Gasteiger charge is -2.27. The maximum atomic E-state index is 13.3. The van der Waals surface area contributed by atoms with Gasteiger partial charge < -0.3 is 14.4 Å². The lowest BCUT2D eigenvalue weighted by atomic mass is 10.1. The van der Waals surface area contributed by atoms with Gasteiger partial charge in [-0.05, 0) is 56.5 Å². The number of hydrogen-bond acceptors (Lipinski definition) is 6. The summed E-state index contributed by atoms with van der Waals surface area (Å²) in [4.78, 5) is 26.2. The molecular formula is C25H30N4O3. The zero-order valence-corrected chi connectivity index (χ0v) is 18.8. The predicted octanol–water partition coefficient (Wildman–Crippen LogP) is 3.68. The van der Waals surface area contributed by atoms with Crippen molar-refractivity contribution >= 4 is 11.5 Å². The lowest BCUT2D eigenvalue weighted by molar-refractivity contribution is 0.0771. The number of ether oxygens (including phenoxy) is 2. The smallest absolute Gasteiger partial charge is 0.261 e. The second-order valence-electron chi connectivity index (χ2n) is 8.18. The number of hydrogen-bond donors (Lipinski definition) is 0. The van der Waals surface area contributed by atoms with E-state index in [1.54, 1.807) is 30.7 Å². The number of methoxy groups -OCH3 is 1. The van der Waals surface area contributed by atoms with Gasteiger partial charge in [-0.25, -0.2) is 9.97 Å². The van der Waals surface area contributed by atoms with E-state index in [0.717, 1.165) is 56.0 Å². The van der Waals surface area contributed by atoms with E-state index >= 15 is 0 Å². The van der Waals surface area contributed by atoms with Gasteiger partial charge in [-0.3, -0.25) is 9.69 Å². The molecule has 0 radical (unpaired) electrons. The third-order valence-electron chi connectivity index (χ3n) is 5.82. The molecule has 2 aliphatic heterocycles. The lowest BCUT2D eigenvalue weighted by Crippen LogP contribution is -2.33. The molecule has 0 saturated carbocycles. The first kappa shape index (κ1) is 22.2. The fraction of sp³-hybridized carbons (Fsp3) is 0.400. The molecule has 0 unspecified atom stereocenters. The van der Waals surface area contributed by atoms with Crippen molar-refractivity contribution in [2.75, 3.05) is 39.9 Å². The van der Waals surface area contributed by atoms with Crippen LogP contribution in [0.15, 0.2) is 54.7 Å². The van der Waals surface area contributed by atoms with E-state index in [1.165, 1.54) is 5.57 Å². The highest BCUT2D eigenvalue weighted by Gasteiger charge is 2.26. The van der Waals surface area contributed by atoms with Crippen LogP contribution < -0.4 is 4.74 Å². The Kier molecular flexibility index (Phi) is 7.29. The first-order chi connectivity index (χ1) is 15.7. The molecule has 0 atom stereocenters. The summed E-state index contributed by atoms with van der Waals surface area (Å²) in [5.74, 6) is 1.40. The highest BCUT2D eigenvalue weighted by Crippen LogP contribution is 2.27. The summed E-state index contributed by atoms with van der Waals surface area (Å²) in [6, 6.07) is 7.54. The summed E-state index contributed by atoms with van der Waals surface area (Å²) in [5, 5.41) is 0. The van der Waals surface area contributed by atoms with Crippen LogP contribution in [0.3, 0.4) is 0 Å². The van der Waals surface area contributed by atoms with Crippen molar-refractivity contribution in [3.05, 3.63) is 71.6 Å². The fourth-order valence-electron chi connectivity index (χ4n) is 4.08. The van der Waals surface area contributed by atoms with Crippen molar-refractivity contribution in [2.24, 2.45) is 0 Å². The van der Waals surface area contributed by atoms with Crippen molar-refractivity contribution in [3.63, 3.8) is 0 Å². The largest absolute Gasteiger partial charge is 0.462 e. The highest BCUT2D eigenvalue weighted by atomic mass is 16.5. The molecule has 7 nitrogen and oxygen atoms in total. The summed E-state index contributed by atoms with van der Waals surface area (Å²) in [5.41, 5.74) is 3.61. The monoisotopic (exact) mass is 434 g/mol. The number of carbonyl (C=O) groups is 1. The SMILES string of the molecule is COCC1=COc2ccc(C)cc2C(=O)N1CCCCN1CC=C(c2ncccn2)CC1. The van der Waals surface area contributed by atoms with E-state index < -0.39 is 0 Å². The molecular weight excluding hydrogens is 404 g/mol. The molecule has 0 fully saturated rings. The number of fused-ring (bicyclic) bond motifs is 1. The molecule has 4 rings (SSSR count). The van der Waals surface area contributed by atoms with E-state index in [1.807, 2.05) is 31.2 Å². The Morgan fingerprint density at radius 1 is 1.16 bits per heavy atom. The number of carbonyl (C=O) groups excluding carboxylic acids is 1. The molecule has 1 aromatic carbocycles. The molecule has 168 valence electrons. The van der Waals surface area contributed by atoms with Gasteiger partial charge in [-0.1, -0.05) is 17.7 Å². The molecule has 1 amide bonds. The zero-order chi connectivity index (χ0) is 22.3. The molecule has 0 N–H and O–H groups in total. The molecule has 0 aliphatic carbocycles. The number of unbranched alkanes of at least 4 members (excludes halogenated alkanes) is 1. The molecule has 7 heteroatoms. The van der Waals surface area contributed by atoms with E-state index in [0.29, 0.717) is 24.5 Å². The second-order valence-corrected chi connectivity index (χ2v) is 8.18. The van der Waals surface area contributed by atoms with Crippen molar-refractivity contribution in [1.29, 1.82) is 0 Å². The van der Waals surface area contributed by atoms with Gasteiger partial charge in [-0.2, -0.15) is 0 Å². The minimum absolute atomic E-state index is 0.0297. The second kappa shape index (κ2) is 10.5. The van der Waals surface area contributed by atoms with E-state index in [9.17, 15) is 4.79 Å². The first-order valence-electron chi connectivity index (χ1n) is 11.1. The fourth-order valence-corrected chi connectivity index (χ4v) is 4.08. The number of aromatic nitrogens is 2. The van der Waals surface area contributed by atoms with Crippen LogP contribution in [-0.2, 0) is 4.74 Å².